The van der Waals surface area contributed by atoms with Crippen LogP contribution in [0.25, 0.3) is 0 Å². The van der Waals surface area contributed by atoms with E-state index in [0.717, 1.165) is 18.5 Å². The number of amides is 1. The number of likely N-dealkylation sites (N-methyl/N-ethyl adjacent to an activating group) is 1. The van der Waals surface area contributed by atoms with E-state index in [1.807, 2.05) is 13.8 Å². The third-order valence-electron chi connectivity index (χ3n) is 4.44. The van der Waals surface area contributed by atoms with Crippen LogP contribution >= 0.6 is 0 Å². The molecular weight excluding hydrogens is 254 g/mol. The predicted molar refractivity (Wildman–Crippen MR) is 79.7 cm³/mol. The van der Waals surface area contributed by atoms with Gasteiger partial charge in [0.15, 0.2) is 5.69 Å². The summed E-state index contributed by atoms with van der Waals surface area (Å²) in [6, 6.07) is 0. The summed E-state index contributed by atoms with van der Waals surface area (Å²) in [5, 5.41) is 9.88. The van der Waals surface area contributed by atoms with E-state index in [-0.39, 0.29) is 17.4 Å². The number of rotatable bonds is 5. The van der Waals surface area contributed by atoms with Gasteiger partial charge >= 0.3 is 0 Å². The predicted octanol–water partition coefficient (Wildman–Crippen LogP) is 1.33. The first-order valence-electron chi connectivity index (χ1n) is 7.17. The summed E-state index contributed by atoms with van der Waals surface area (Å²) in [6.07, 6.45) is 3.46. The maximum absolute atomic E-state index is 12.2. The minimum absolute atomic E-state index is 0.0988. The molecule has 1 aromatic rings. The Morgan fingerprint density at radius 1 is 1.50 bits per heavy atom. The van der Waals surface area contributed by atoms with Crippen molar-refractivity contribution >= 4 is 11.6 Å². The van der Waals surface area contributed by atoms with E-state index in [4.69, 9.17) is 5.73 Å². The van der Waals surface area contributed by atoms with Crippen molar-refractivity contribution in [1.82, 2.24) is 20.4 Å². The SMILES string of the molecule is CC(C)c1[nH]nc(C(=O)NCC2(N(C)C)CCC2)c1N. The number of aromatic nitrogens is 2. The third-order valence-corrected chi connectivity index (χ3v) is 4.44. The van der Waals surface area contributed by atoms with Crippen molar-refractivity contribution in [1.29, 1.82) is 0 Å². The molecule has 0 bridgehead atoms. The quantitative estimate of drug-likeness (QED) is 0.759. The van der Waals surface area contributed by atoms with E-state index in [1.54, 1.807) is 0 Å². The van der Waals surface area contributed by atoms with Crippen LogP contribution in [0.1, 0.15) is 55.2 Å². The second-order valence-electron chi connectivity index (χ2n) is 6.21. The summed E-state index contributed by atoms with van der Waals surface area (Å²) < 4.78 is 0. The number of aromatic amines is 1. The van der Waals surface area contributed by atoms with Gasteiger partial charge in [0.05, 0.1) is 11.4 Å². The number of carbonyl (C=O) groups is 1. The molecule has 0 unspecified atom stereocenters. The van der Waals surface area contributed by atoms with Crippen LogP contribution in [0.5, 0.6) is 0 Å². The Labute approximate surface area is 120 Å². The molecular formula is C14H25N5O. The van der Waals surface area contributed by atoms with Gasteiger partial charge in [-0.3, -0.25) is 9.89 Å². The van der Waals surface area contributed by atoms with Gasteiger partial charge < -0.3 is 16.0 Å². The normalized spacial score (nSPS) is 17.3. The minimum atomic E-state index is -0.196. The lowest BCUT2D eigenvalue weighted by atomic mass is 9.75. The highest BCUT2D eigenvalue weighted by molar-refractivity contribution is 5.97. The molecule has 1 aliphatic carbocycles. The van der Waals surface area contributed by atoms with Gasteiger partial charge in [0.1, 0.15) is 0 Å². The first-order chi connectivity index (χ1) is 9.37. The van der Waals surface area contributed by atoms with Crippen LogP contribution < -0.4 is 11.1 Å². The first-order valence-corrected chi connectivity index (χ1v) is 7.17. The van der Waals surface area contributed by atoms with Crippen LogP contribution in [-0.2, 0) is 0 Å². The topological polar surface area (TPSA) is 87.0 Å². The number of nitrogens with two attached hydrogens (primary N) is 1. The molecule has 1 aromatic heterocycles. The van der Waals surface area contributed by atoms with Crippen molar-refractivity contribution in [3.63, 3.8) is 0 Å². The first kappa shape index (κ1) is 14.8. The molecule has 6 heteroatoms. The largest absolute Gasteiger partial charge is 0.395 e. The number of carbonyl (C=O) groups excluding carboxylic acids is 1. The molecule has 0 atom stereocenters. The zero-order chi connectivity index (χ0) is 14.9. The number of hydrogen-bond donors (Lipinski definition) is 3. The van der Waals surface area contributed by atoms with Crippen LogP contribution in [0.2, 0.25) is 0 Å². The van der Waals surface area contributed by atoms with Gasteiger partial charge in [0.25, 0.3) is 5.91 Å². The van der Waals surface area contributed by atoms with Gasteiger partial charge in [0, 0.05) is 12.1 Å². The highest BCUT2D eigenvalue weighted by atomic mass is 16.2. The van der Waals surface area contributed by atoms with Gasteiger partial charge in [-0.1, -0.05) is 13.8 Å². The molecule has 20 heavy (non-hydrogen) atoms. The van der Waals surface area contributed by atoms with Gasteiger partial charge in [0.2, 0.25) is 0 Å². The smallest absolute Gasteiger partial charge is 0.274 e. The van der Waals surface area contributed by atoms with Gasteiger partial charge in [-0.15, -0.1) is 0 Å². The van der Waals surface area contributed by atoms with Crippen LogP contribution in [0, 0.1) is 0 Å². The maximum atomic E-state index is 12.2. The molecule has 112 valence electrons. The Bertz CT molecular complexity index is 488. The minimum Gasteiger partial charge on any atom is -0.395 e. The zero-order valence-corrected chi connectivity index (χ0v) is 12.8. The third kappa shape index (κ3) is 2.52. The van der Waals surface area contributed by atoms with E-state index in [2.05, 4.69) is 34.5 Å². The molecule has 1 saturated carbocycles. The van der Waals surface area contributed by atoms with Crippen molar-refractivity contribution < 1.29 is 4.79 Å². The van der Waals surface area contributed by atoms with Crippen molar-refractivity contribution in [2.24, 2.45) is 0 Å². The number of hydrogen-bond acceptors (Lipinski definition) is 4. The van der Waals surface area contributed by atoms with E-state index >= 15 is 0 Å². The summed E-state index contributed by atoms with van der Waals surface area (Å²) in [6.45, 7) is 4.67. The van der Waals surface area contributed by atoms with E-state index in [0.29, 0.717) is 17.9 Å². The summed E-state index contributed by atoms with van der Waals surface area (Å²) in [4.78, 5) is 14.4. The van der Waals surface area contributed by atoms with Crippen molar-refractivity contribution in [3.8, 4) is 0 Å². The Balaban J connectivity index is 2.02. The fraction of sp³-hybridized carbons (Fsp3) is 0.714. The molecule has 0 saturated heterocycles. The Morgan fingerprint density at radius 3 is 2.55 bits per heavy atom. The number of H-pyrrole nitrogens is 1. The lowest BCUT2D eigenvalue weighted by molar-refractivity contribution is 0.0556. The van der Waals surface area contributed by atoms with E-state index < -0.39 is 0 Å². The molecule has 1 amide bonds. The van der Waals surface area contributed by atoms with E-state index in [1.165, 1.54) is 6.42 Å². The number of nitrogen functional groups attached to an aromatic ring is 1. The van der Waals surface area contributed by atoms with Crippen LogP contribution in [0.3, 0.4) is 0 Å². The fourth-order valence-electron chi connectivity index (χ4n) is 2.67. The molecule has 1 aliphatic rings. The highest BCUT2D eigenvalue weighted by Gasteiger charge is 2.39. The highest BCUT2D eigenvalue weighted by Crippen LogP contribution is 2.35. The van der Waals surface area contributed by atoms with Gasteiger partial charge in [-0.25, -0.2) is 0 Å². The Hall–Kier alpha value is -1.56. The summed E-state index contributed by atoms with van der Waals surface area (Å²) in [7, 11) is 4.12. The summed E-state index contributed by atoms with van der Waals surface area (Å²) in [5.74, 6) is 0.0302. The average molecular weight is 279 g/mol. The van der Waals surface area contributed by atoms with Gasteiger partial charge in [-0.2, -0.15) is 5.10 Å². The average Bonchev–Trinajstić information content (AvgIpc) is 2.69. The molecule has 0 spiro atoms. The molecule has 0 radical (unpaired) electrons. The molecule has 2 rings (SSSR count). The van der Waals surface area contributed by atoms with Crippen molar-refractivity contribution in [3.05, 3.63) is 11.4 Å². The van der Waals surface area contributed by atoms with Crippen LogP contribution in [0.4, 0.5) is 5.69 Å². The summed E-state index contributed by atoms with van der Waals surface area (Å²) >= 11 is 0. The number of nitrogens with one attached hydrogen (secondary N) is 2. The summed E-state index contributed by atoms with van der Waals surface area (Å²) in [5.41, 5.74) is 7.68. The van der Waals surface area contributed by atoms with Crippen molar-refractivity contribution in [2.75, 3.05) is 26.4 Å². The molecule has 0 aromatic carbocycles. The molecule has 6 nitrogen and oxygen atoms in total. The van der Waals surface area contributed by atoms with E-state index in [9.17, 15) is 4.79 Å². The van der Waals surface area contributed by atoms with Crippen molar-refractivity contribution in [2.45, 2.75) is 44.6 Å². The lowest BCUT2D eigenvalue weighted by Crippen LogP contribution is -2.57. The second kappa shape index (κ2) is 5.44. The maximum Gasteiger partial charge on any atom is 0.274 e. The fourth-order valence-corrected chi connectivity index (χ4v) is 2.67. The molecule has 1 fully saturated rings. The second-order valence-corrected chi connectivity index (χ2v) is 6.21. The molecule has 4 N–H and O–H groups in total. The standard InChI is InChI=1S/C14H25N5O/c1-9(2)11-10(15)12(18-17-11)13(20)16-8-14(19(3)4)6-5-7-14/h9H,5-8,15H2,1-4H3,(H,16,20)(H,17,18). The van der Waals surface area contributed by atoms with Gasteiger partial charge in [-0.05, 0) is 39.3 Å². The zero-order valence-electron chi connectivity index (χ0n) is 12.8. The van der Waals surface area contributed by atoms with Crippen LogP contribution in [-0.4, -0.2) is 47.2 Å². The monoisotopic (exact) mass is 279 g/mol. The Kier molecular flexibility index (Phi) is 4.04. The number of nitrogens with zero attached hydrogens (tertiary/aromatic N) is 2. The Morgan fingerprint density at radius 2 is 2.15 bits per heavy atom. The molecule has 1 heterocycles. The van der Waals surface area contributed by atoms with Crippen LogP contribution in [0.15, 0.2) is 0 Å². The number of anilines is 1. The lowest BCUT2D eigenvalue weighted by Gasteiger charge is -2.47. The molecule has 0 aliphatic heterocycles.